The fourth-order valence-electron chi connectivity index (χ4n) is 2.37. The van der Waals surface area contributed by atoms with Crippen LogP contribution in [0.5, 0.6) is 0 Å². The SMILES string of the molecule is COC(=O)NC(=O)[C@@H](C)N[C@@H](c1ccc(C(C)C)cc1)C(C)C. The number of nitrogens with one attached hydrogen (secondary N) is 2. The van der Waals surface area contributed by atoms with Gasteiger partial charge in [-0.3, -0.25) is 15.4 Å². The molecule has 2 amide bonds. The zero-order chi connectivity index (χ0) is 17.6. The van der Waals surface area contributed by atoms with Crippen molar-refractivity contribution in [2.24, 2.45) is 5.92 Å². The maximum absolute atomic E-state index is 12.0. The maximum atomic E-state index is 12.0. The Kier molecular flexibility index (Phi) is 7.23. The number of rotatable bonds is 6. The molecule has 2 N–H and O–H groups in total. The first-order valence-corrected chi connectivity index (χ1v) is 8.01. The first-order valence-electron chi connectivity index (χ1n) is 8.01. The number of benzene rings is 1. The minimum Gasteiger partial charge on any atom is -0.453 e. The van der Waals surface area contributed by atoms with Gasteiger partial charge in [0.15, 0.2) is 0 Å². The third kappa shape index (κ3) is 5.67. The molecule has 0 aliphatic carbocycles. The van der Waals surface area contributed by atoms with Crippen molar-refractivity contribution in [2.75, 3.05) is 7.11 Å². The predicted molar refractivity (Wildman–Crippen MR) is 91.3 cm³/mol. The van der Waals surface area contributed by atoms with Crippen LogP contribution in [-0.4, -0.2) is 25.2 Å². The van der Waals surface area contributed by atoms with E-state index >= 15 is 0 Å². The van der Waals surface area contributed by atoms with E-state index < -0.39 is 18.0 Å². The van der Waals surface area contributed by atoms with Crippen LogP contribution >= 0.6 is 0 Å². The zero-order valence-electron chi connectivity index (χ0n) is 14.8. The molecular weight excluding hydrogens is 292 g/mol. The first kappa shape index (κ1) is 19.2. The molecule has 0 saturated heterocycles. The summed E-state index contributed by atoms with van der Waals surface area (Å²) in [5, 5.41) is 5.48. The lowest BCUT2D eigenvalue weighted by molar-refractivity contribution is -0.122. The Morgan fingerprint density at radius 3 is 1.91 bits per heavy atom. The van der Waals surface area contributed by atoms with Crippen molar-refractivity contribution in [2.45, 2.75) is 52.6 Å². The van der Waals surface area contributed by atoms with Gasteiger partial charge in [-0.05, 0) is 29.9 Å². The van der Waals surface area contributed by atoms with Crippen molar-refractivity contribution in [3.05, 3.63) is 35.4 Å². The third-order valence-electron chi connectivity index (χ3n) is 3.86. The highest BCUT2D eigenvalue weighted by Crippen LogP contribution is 2.24. The Bertz CT molecular complexity index is 524. The van der Waals surface area contributed by atoms with E-state index in [9.17, 15) is 9.59 Å². The van der Waals surface area contributed by atoms with Gasteiger partial charge < -0.3 is 4.74 Å². The molecule has 0 aromatic heterocycles. The second-order valence-electron chi connectivity index (χ2n) is 6.41. The molecule has 0 bridgehead atoms. The summed E-state index contributed by atoms with van der Waals surface area (Å²) < 4.78 is 4.44. The lowest BCUT2D eigenvalue weighted by Crippen LogP contribution is -2.46. The number of amides is 2. The minimum absolute atomic E-state index is 0.0228. The van der Waals surface area contributed by atoms with Gasteiger partial charge in [0.05, 0.1) is 13.2 Å². The second kappa shape index (κ2) is 8.67. The van der Waals surface area contributed by atoms with Gasteiger partial charge in [0.1, 0.15) is 0 Å². The molecule has 0 fully saturated rings. The Labute approximate surface area is 138 Å². The maximum Gasteiger partial charge on any atom is 0.413 e. The monoisotopic (exact) mass is 320 g/mol. The number of carbonyl (C=O) groups is 2. The van der Waals surface area contributed by atoms with Crippen LogP contribution in [-0.2, 0) is 9.53 Å². The van der Waals surface area contributed by atoms with Gasteiger partial charge >= 0.3 is 6.09 Å². The molecule has 0 aliphatic rings. The van der Waals surface area contributed by atoms with Gasteiger partial charge in [-0.1, -0.05) is 52.0 Å². The molecule has 0 radical (unpaired) electrons. The van der Waals surface area contributed by atoms with E-state index in [0.29, 0.717) is 11.8 Å². The molecule has 1 aromatic carbocycles. The van der Waals surface area contributed by atoms with Crippen LogP contribution in [0, 0.1) is 5.92 Å². The topological polar surface area (TPSA) is 67.4 Å². The summed E-state index contributed by atoms with van der Waals surface area (Å²) >= 11 is 0. The van der Waals surface area contributed by atoms with Gasteiger partial charge in [-0.2, -0.15) is 0 Å². The lowest BCUT2D eigenvalue weighted by atomic mass is 9.93. The fraction of sp³-hybridized carbons (Fsp3) is 0.556. The largest absolute Gasteiger partial charge is 0.453 e. The van der Waals surface area contributed by atoms with E-state index in [1.165, 1.54) is 12.7 Å². The second-order valence-corrected chi connectivity index (χ2v) is 6.41. The van der Waals surface area contributed by atoms with Crippen LogP contribution in [0.25, 0.3) is 0 Å². The molecule has 0 unspecified atom stereocenters. The minimum atomic E-state index is -0.744. The summed E-state index contributed by atoms with van der Waals surface area (Å²) in [6.07, 6.45) is -0.744. The van der Waals surface area contributed by atoms with E-state index in [4.69, 9.17) is 0 Å². The molecule has 5 nitrogen and oxygen atoms in total. The highest BCUT2D eigenvalue weighted by Gasteiger charge is 2.23. The lowest BCUT2D eigenvalue weighted by Gasteiger charge is -2.26. The smallest absolute Gasteiger partial charge is 0.413 e. The average Bonchev–Trinajstić information content (AvgIpc) is 2.51. The van der Waals surface area contributed by atoms with E-state index in [2.05, 4.69) is 67.3 Å². The van der Waals surface area contributed by atoms with E-state index in [-0.39, 0.29) is 6.04 Å². The molecular formula is C18H28N2O3. The van der Waals surface area contributed by atoms with Crippen LogP contribution in [0.15, 0.2) is 24.3 Å². The third-order valence-corrected chi connectivity index (χ3v) is 3.86. The van der Waals surface area contributed by atoms with E-state index in [1.54, 1.807) is 6.92 Å². The number of methoxy groups -OCH3 is 1. The molecule has 5 heteroatoms. The predicted octanol–water partition coefficient (Wildman–Crippen LogP) is 3.37. The fourth-order valence-corrected chi connectivity index (χ4v) is 2.37. The number of imide groups is 1. The van der Waals surface area contributed by atoms with Crippen LogP contribution < -0.4 is 10.6 Å². The molecule has 0 heterocycles. The molecule has 1 aromatic rings. The highest BCUT2D eigenvalue weighted by atomic mass is 16.5. The van der Waals surface area contributed by atoms with Crippen molar-refractivity contribution in [3.8, 4) is 0 Å². The normalized spacial score (nSPS) is 13.7. The van der Waals surface area contributed by atoms with Crippen molar-refractivity contribution < 1.29 is 14.3 Å². The van der Waals surface area contributed by atoms with Gasteiger partial charge in [0.25, 0.3) is 0 Å². The van der Waals surface area contributed by atoms with Crippen LogP contribution in [0.3, 0.4) is 0 Å². The van der Waals surface area contributed by atoms with Crippen molar-refractivity contribution in [1.82, 2.24) is 10.6 Å². The standard InChI is InChI=1S/C18H28N2O3/c1-11(2)14-7-9-15(10-8-14)16(12(3)4)19-13(5)17(21)20-18(22)23-6/h7-13,16,19H,1-6H3,(H,20,21,22)/t13-,16-/m1/s1. The quantitative estimate of drug-likeness (QED) is 0.843. The molecule has 0 aliphatic heterocycles. The number of ether oxygens (including phenoxy) is 1. The number of hydrogen-bond donors (Lipinski definition) is 2. The van der Waals surface area contributed by atoms with E-state index in [0.717, 1.165) is 5.56 Å². The summed E-state index contributed by atoms with van der Waals surface area (Å²) in [7, 11) is 1.23. The highest BCUT2D eigenvalue weighted by molar-refractivity contribution is 5.94. The van der Waals surface area contributed by atoms with E-state index in [1.807, 2.05) is 0 Å². The Balaban J connectivity index is 2.82. The Hall–Kier alpha value is -1.88. The molecule has 23 heavy (non-hydrogen) atoms. The molecule has 1 rings (SSSR count). The Morgan fingerprint density at radius 2 is 1.48 bits per heavy atom. The number of carbonyl (C=O) groups excluding carboxylic acids is 2. The summed E-state index contributed by atoms with van der Waals surface area (Å²) in [4.78, 5) is 23.1. The van der Waals surface area contributed by atoms with Gasteiger partial charge in [0, 0.05) is 6.04 Å². The summed E-state index contributed by atoms with van der Waals surface area (Å²) in [5.74, 6) is 0.383. The van der Waals surface area contributed by atoms with Gasteiger partial charge in [-0.15, -0.1) is 0 Å². The van der Waals surface area contributed by atoms with Gasteiger partial charge in [-0.25, -0.2) is 4.79 Å². The van der Waals surface area contributed by atoms with Crippen LogP contribution in [0.4, 0.5) is 4.79 Å². The van der Waals surface area contributed by atoms with Crippen molar-refractivity contribution in [1.29, 1.82) is 0 Å². The molecule has 2 atom stereocenters. The summed E-state index contributed by atoms with van der Waals surface area (Å²) in [5.41, 5.74) is 2.41. The molecule has 128 valence electrons. The summed E-state index contributed by atoms with van der Waals surface area (Å²) in [6, 6.07) is 7.95. The van der Waals surface area contributed by atoms with Crippen LogP contribution in [0.2, 0.25) is 0 Å². The molecule has 0 spiro atoms. The number of alkyl carbamates (subject to hydrolysis) is 1. The Morgan fingerprint density at radius 1 is 0.957 bits per heavy atom. The van der Waals surface area contributed by atoms with Crippen molar-refractivity contribution in [3.63, 3.8) is 0 Å². The number of hydrogen-bond acceptors (Lipinski definition) is 4. The van der Waals surface area contributed by atoms with Crippen LogP contribution in [0.1, 0.15) is 57.7 Å². The summed E-state index contributed by atoms with van der Waals surface area (Å²) in [6.45, 7) is 10.2. The average molecular weight is 320 g/mol. The van der Waals surface area contributed by atoms with Gasteiger partial charge in [0.2, 0.25) is 5.91 Å². The zero-order valence-corrected chi connectivity index (χ0v) is 14.8. The van der Waals surface area contributed by atoms with Crippen molar-refractivity contribution >= 4 is 12.0 Å². The molecule has 0 saturated carbocycles. The first-order chi connectivity index (χ1) is 10.8.